The van der Waals surface area contributed by atoms with E-state index in [1.165, 1.54) is 4.90 Å². The molecule has 1 N–H and O–H groups in total. The lowest BCUT2D eigenvalue weighted by molar-refractivity contribution is -0.151. The molecular formula is C32H34N2O7. The molecule has 1 heterocycles. The maximum absolute atomic E-state index is 13.3. The Morgan fingerprint density at radius 3 is 2.02 bits per heavy atom. The fourth-order valence-corrected chi connectivity index (χ4v) is 4.50. The van der Waals surface area contributed by atoms with Crippen LogP contribution in [0.2, 0.25) is 0 Å². The van der Waals surface area contributed by atoms with Gasteiger partial charge < -0.3 is 24.4 Å². The number of nitrogens with zero attached hydrogens (tertiary/aromatic N) is 1. The summed E-state index contributed by atoms with van der Waals surface area (Å²) in [5.74, 6) is -1.41. The second-order valence-corrected chi connectivity index (χ2v) is 9.69. The van der Waals surface area contributed by atoms with Gasteiger partial charge in [0.05, 0.1) is 0 Å². The highest BCUT2D eigenvalue weighted by Crippen LogP contribution is 2.19. The predicted octanol–water partition coefficient (Wildman–Crippen LogP) is 3.81. The molecule has 1 fully saturated rings. The van der Waals surface area contributed by atoms with Crippen LogP contribution in [-0.4, -0.2) is 53.9 Å². The van der Waals surface area contributed by atoms with Crippen LogP contribution in [0.15, 0.2) is 91.0 Å². The lowest BCUT2D eigenvalue weighted by atomic mass is 10.1. The number of nitrogens with one attached hydrogen (secondary N) is 1. The zero-order valence-corrected chi connectivity index (χ0v) is 22.8. The lowest BCUT2D eigenvalue weighted by Gasteiger charge is -2.26. The second kappa shape index (κ2) is 15.2. The molecule has 0 spiro atoms. The van der Waals surface area contributed by atoms with E-state index in [4.69, 9.17) is 14.2 Å². The van der Waals surface area contributed by atoms with Crippen LogP contribution in [0.25, 0.3) is 0 Å². The largest absolute Gasteiger partial charge is 0.484 e. The minimum absolute atomic E-state index is 0.00916. The van der Waals surface area contributed by atoms with Crippen LogP contribution in [0.3, 0.4) is 0 Å². The summed E-state index contributed by atoms with van der Waals surface area (Å²) >= 11 is 0. The summed E-state index contributed by atoms with van der Waals surface area (Å²) in [7, 11) is 0. The Balaban J connectivity index is 1.35. The molecule has 0 radical (unpaired) electrons. The molecule has 0 saturated carbocycles. The van der Waals surface area contributed by atoms with Gasteiger partial charge in [0.1, 0.15) is 31.0 Å². The summed E-state index contributed by atoms with van der Waals surface area (Å²) in [4.78, 5) is 53.1. The molecule has 1 aliphatic heterocycles. The number of para-hydroxylation sites is 1. The van der Waals surface area contributed by atoms with Gasteiger partial charge in [-0.3, -0.25) is 14.4 Å². The molecule has 3 aromatic rings. The van der Waals surface area contributed by atoms with Crippen LogP contribution in [-0.2, 0) is 41.9 Å². The van der Waals surface area contributed by atoms with Gasteiger partial charge in [0.2, 0.25) is 5.91 Å². The molecular weight excluding hydrogens is 524 g/mol. The summed E-state index contributed by atoms with van der Waals surface area (Å²) in [6.07, 6.45) is 0.985. The number of carbonyl (C=O) groups excluding carboxylic acids is 4. The van der Waals surface area contributed by atoms with E-state index < -0.39 is 29.9 Å². The third kappa shape index (κ3) is 9.20. The van der Waals surface area contributed by atoms with Gasteiger partial charge in [0.25, 0.3) is 5.91 Å². The van der Waals surface area contributed by atoms with Crippen molar-refractivity contribution in [3.05, 3.63) is 102 Å². The molecule has 2 atom stereocenters. The van der Waals surface area contributed by atoms with Gasteiger partial charge in [-0.25, -0.2) is 4.79 Å². The van der Waals surface area contributed by atoms with Crippen LogP contribution < -0.4 is 10.1 Å². The summed E-state index contributed by atoms with van der Waals surface area (Å²) in [6, 6.07) is 25.5. The number of carbonyl (C=O) groups is 4. The predicted molar refractivity (Wildman–Crippen MR) is 150 cm³/mol. The zero-order chi connectivity index (χ0) is 28.9. The summed E-state index contributed by atoms with van der Waals surface area (Å²) < 4.78 is 16.4. The van der Waals surface area contributed by atoms with E-state index in [-0.39, 0.29) is 38.6 Å². The SMILES string of the molecule is O=C(CCC(NC(=O)C1CCCN1C(=O)COc1ccccc1)C(=O)OCc1ccccc1)OCc1ccccc1. The van der Waals surface area contributed by atoms with Crippen LogP contribution in [0, 0.1) is 0 Å². The third-order valence-corrected chi connectivity index (χ3v) is 6.69. The summed E-state index contributed by atoms with van der Waals surface area (Å²) in [6.45, 7) is 0.336. The molecule has 214 valence electrons. The van der Waals surface area contributed by atoms with Gasteiger partial charge in [0.15, 0.2) is 6.61 Å². The van der Waals surface area contributed by atoms with Gasteiger partial charge in [-0.2, -0.15) is 0 Å². The average molecular weight is 559 g/mol. The molecule has 3 aromatic carbocycles. The first-order chi connectivity index (χ1) is 20.0. The number of hydrogen-bond donors (Lipinski definition) is 1. The molecule has 0 bridgehead atoms. The Hall–Kier alpha value is -4.66. The average Bonchev–Trinajstić information content (AvgIpc) is 3.52. The van der Waals surface area contributed by atoms with Gasteiger partial charge in [-0.05, 0) is 42.5 Å². The van der Waals surface area contributed by atoms with Crippen molar-refractivity contribution in [1.29, 1.82) is 0 Å². The summed E-state index contributed by atoms with van der Waals surface area (Å²) in [5, 5.41) is 2.73. The van der Waals surface area contributed by atoms with Crippen molar-refractivity contribution >= 4 is 23.8 Å². The molecule has 9 heteroatoms. The number of benzene rings is 3. The van der Waals surface area contributed by atoms with Crippen molar-refractivity contribution < 1.29 is 33.4 Å². The van der Waals surface area contributed by atoms with Crippen molar-refractivity contribution in [2.45, 2.75) is 51.0 Å². The van der Waals surface area contributed by atoms with E-state index in [1.54, 1.807) is 24.3 Å². The van der Waals surface area contributed by atoms with Crippen LogP contribution in [0.5, 0.6) is 5.75 Å². The Bertz CT molecular complexity index is 1290. The molecule has 1 saturated heterocycles. The number of hydrogen-bond acceptors (Lipinski definition) is 7. The fourth-order valence-electron chi connectivity index (χ4n) is 4.50. The second-order valence-electron chi connectivity index (χ2n) is 9.69. The van der Waals surface area contributed by atoms with E-state index in [1.807, 2.05) is 66.7 Å². The Labute approximate surface area is 239 Å². The monoisotopic (exact) mass is 558 g/mol. The normalized spacial score (nSPS) is 15.0. The van der Waals surface area contributed by atoms with E-state index in [0.717, 1.165) is 11.1 Å². The molecule has 0 aromatic heterocycles. The van der Waals surface area contributed by atoms with E-state index in [0.29, 0.717) is 25.1 Å². The number of esters is 2. The topological polar surface area (TPSA) is 111 Å². The van der Waals surface area contributed by atoms with Gasteiger partial charge in [-0.15, -0.1) is 0 Å². The van der Waals surface area contributed by atoms with E-state index >= 15 is 0 Å². The van der Waals surface area contributed by atoms with Crippen molar-refractivity contribution in [3.8, 4) is 5.75 Å². The molecule has 2 amide bonds. The standard InChI is InChI=1S/C32H34N2O7/c35-29(23-39-26-15-8-3-9-16-26)34-20-10-17-28(34)31(37)33-27(32(38)41-22-25-13-6-2-7-14-25)18-19-30(36)40-21-24-11-4-1-5-12-24/h1-9,11-16,27-28H,10,17-23H2,(H,33,37). The van der Waals surface area contributed by atoms with Gasteiger partial charge in [-0.1, -0.05) is 78.9 Å². The molecule has 2 unspecified atom stereocenters. The van der Waals surface area contributed by atoms with Crippen molar-refractivity contribution in [3.63, 3.8) is 0 Å². The smallest absolute Gasteiger partial charge is 0.328 e. The molecule has 4 rings (SSSR count). The summed E-state index contributed by atoms with van der Waals surface area (Å²) in [5.41, 5.74) is 1.63. The highest BCUT2D eigenvalue weighted by molar-refractivity contribution is 5.91. The van der Waals surface area contributed by atoms with E-state index in [2.05, 4.69) is 5.32 Å². The minimum Gasteiger partial charge on any atom is -0.484 e. The lowest BCUT2D eigenvalue weighted by Crippen LogP contribution is -2.52. The first-order valence-corrected chi connectivity index (χ1v) is 13.7. The molecule has 41 heavy (non-hydrogen) atoms. The van der Waals surface area contributed by atoms with E-state index in [9.17, 15) is 19.2 Å². The number of ether oxygens (including phenoxy) is 3. The Morgan fingerprint density at radius 1 is 0.805 bits per heavy atom. The van der Waals surface area contributed by atoms with Crippen molar-refractivity contribution in [1.82, 2.24) is 10.2 Å². The van der Waals surface area contributed by atoms with Crippen molar-refractivity contribution in [2.24, 2.45) is 0 Å². The molecule has 0 aliphatic carbocycles. The molecule has 1 aliphatic rings. The number of likely N-dealkylation sites (tertiary alicyclic amines) is 1. The first-order valence-electron chi connectivity index (χ1n) is 13.7. The Kier molecular flexibility index (Phi) is 10.9. The van der Waals surface area contributed by atoms with Crippen LogP contribution >= 0.6 is 0 Å². The Morgan fingerprint density at radius 2 is 1.39 bits per heavy atom. The fraction of sp³-hybridized carbons (Fsp3) is 0.312. The highest BCUT2D eigenvalue weighted by atomic mass is 16.5. The van der Waals surface area contributed by atoms with Crippen molar-refractivity contribution in [2.75, 3.05) is 13.2 Å². The highest BCUT2D eigenvalue weighted by Gasteiger charge is 2.36. The number of amides is 2. The maximum atomic E-state index is 13.3. The van der Waals surface area contributed by atoms with Gasteiger partial charge >= 0.3 is 11.9 Å². The van der Waals surface area contributed by atoms with Gasteiger partial charge in [0, 0.05) is 13.0 Å². The van der Waals surface area contributed by atoms with Crippen LogP contribution in [0.4, 0.5) is 0 Å². The quantitative estimate of drug-likeness (QED) is 0.318. The number of rotatable bonds is 13. The first kappa shape index (κ1) is 29.3. The zero-order valence-electron chi connectivity index (χ0n) is 22.8. The third-order valence-electron chi connectivity index (χ3n) is 6.69. The van der Waals surface area contributed by atoms with Crippen LogP contribution in [0.1, 0.15) is 36.8 Å². The minimum atomic E-state index is -1.09. The molecule has 9 nitrogen and oxygen atoms in total. The maximum Gasteiger partial charge on any atom is 0.328 e.